The second kappa shape index (κ2) is 8.15. The first-order valence-corrected chi connectivity index (χ1v) is 7.25. The summed E-state index contributed by atoms with van der Waals surface area (Å²) in [5.74, 6) is -0.972. The Labute approximate surface area is 114 Å². The number of aliphatic carboxylic acids is 1. The van der Waals surface area contributed by atoms with Crippen LogP contribution in [-0.4, -0.2) is 33.8 Å². The lowest BCUT2D eigenvalue weighted by molar-refractivity contribution is -0.173. The summed E-state index contributed by atoms with van der Waals surface area (Å²) in [6.45, 7) is 1.92. The van der Waals surface area contributed by atoms with Crippen molar-refractivity contribution < 1.29 is 19.9 Å². The predicted molar refractivity (Wildman–Crippen MR) is 70.7 cm³/mol. The van der Waals surface area contributed by atoms with Gasteiger partial charge in [-0.1, -0.05) is 39.0 Å². The van der Waals surface area contributed by atoms with Gasteiger partial charge < -0.3 is 5.11 Å². The summed E-state index contributed by atoms with van der Waals surface area (Å²) in [6.07, 6.45) is 7.82. The second-order valence-electron chi connectivity index (χ2n) is 5.51. The molecular weight excluding hydrogens is 246 g/mol. The van der Waals surface area contributed by atoms with Gasteiger partial charge in [0, 0.05) is 0 Å². The van der Waals surface area contributed by atoms with Crippen molar-refractivity contribution in [2.24, 2.45) is 11.8 Å². The molecule has 0 unspecified atom stereocenters. The first-order chi connectivity index (χ1) is 9.10. The van der Waals surface area contributed by atoms with Gasteiger partial charge in [-0.05, 0) is 25.2 Å². The Kier molecular flexibility index (Phi) is 6.84. The van der Waals surface area contributed by atoms with E-state index in [9.17, 15) is 19.9 Å². The lowest BCUT2D eigenvalue weighted by Crippen LogP contribution is -2.41. The van der Waals surface area contributed by atoms with Gasteiger partial charge in [-0.3, -0.25) is 14.8 Å². The Bertz CT molecular complexity index is 289. The van der Waals surface area contributed by atoms with Crippen molar-refractivity contribution in [2.45, 2.75) is 64.3 Å². The van der Waals surface area contributed by atoms with Gasteiger partial charge in [0.2, 0.25) is 6.41 Å². The third-order valence-electron chi connectivity index (χ3n) is 4.17. The number of rotatable bonds is 9. The van der Waals surface area contributed by atoms with E-state index in [1.165, 1.54) is 25.7 Å². The van der Waals surface area contributed by atoms with E-state index in [-0.39, 0.29) is 0 Å². The average molecular weight is 271 g/mol. The van der Waals surface area contributed by atoms with Crippen molar-refractivity contribution in [3.8, 4) is 0 Å². The summed E-state index contributed by atoms with van der Waals surface area (Å²) in [5, 5.41) is 19.4. The molecule has 0 saturated heterocycles. The molecule has 5 heteroatoms. The Balaban J connectivity index is 2.60. The number of hydrogen-bond donors (Lipinski definition) is 2. The van der Waals surface area contributed by atoms with E-state index < -0.39 is 17.9 Å². The Hall–Kier alpha value is -1.10. The summed E-state index contributed by atoms with van der Waals surface area (Å²) in [6, 6.07) is -0.610. The minimum Gasteiger partial charge on any atom is -0.481 e. The quantitative estimate of drug-likeness (QED) is 0.384. The molecule has 0 aromatic rings. The molecule has 1 saturated carbocycles. The van der Waals surface area contributed by atoms with Crippen molar-refractivity contribution in [3.05, 3.63) is 0 Å². The van der Waals surface area contributed by atoms with E-state index in [1.54, 1.807) is 0 Å². The van der Waals surface area contributed by atoms with Crippen molar-refractivity contribution in [1.29, 1.82) is 0 Å². The normalized spacial score (nSPS) is 19.1. The van der Waals surface area contributed by atoms with Gasteiger partial charge in [0.15, 0.2) is 0 Å². The minimum absolute atomic E-state index is 0.311. The van der Waals surface area contributed by atoms with Gasteiger partial charge in [-0.25, -0.2) is 5.06 Å². The Morgan fingerprint density at radius 2 is 2.00 bits per heavy atom. The van der Waals surface area contributed by atoms with Crippen molar-refractivity contribution in [1.82, 2.24) is 5.06 Å². The molecule has 0 radical (unpaired) electrons. The molecule has 0 aliphatic heterocycles. The highest BCUT2D eigenvalue weighted by Crippen LogP contribution is 2.31. The maximum absolute atomic E-state index is 11.4. The molecule has 110 valence electrons. The Morgan fingerprint density at radius 3 is 2.47 bits per heavy atom. The van der Waals surface area contributed by atoms with Gasteiger partial charge in [-0.2, -0.15) is 0 Å². The fraction of sp³-hybridized carbons (Fsp3) is 0.857. The predicted octanol–water partition coefficient (Wildman–Crippen LogP) is 2.67. The van der Waals surface area contributed by atoms with Gasteiger partial charge >= 0.3 is 5.97 Å². The molecule has 19 heavy (non-hydrogen) atoms. The second-order valence-corrected chi connectivity index (χ2v) is 5.51. The summed E-state index contributed by atoms with van der Waals surface area (Å²) < 4.78 is 0. The maximum Gasteiger partial charge on any atom is 0.308 e. The van der Waals surface area contributed by atoms with Crippen LogP contribution in [-0.2, 0) is 9.59 Å². The molecule has 0 bridgehead atoms. The molecule has 0 aromatic carbocycles. The van der Waals surface area contributed by atoms with Crippen molar-refractivity contribution >= 4 is 12.4 Å². The number of carbonyl (C=O) groups excluding carboxylic acids is 1. The van der Waals surface area contributed by atoms with Gasteiger partial charge in [-0.15, -0.1) is 0 Å². The zero-order valence-corrected chi connectivity index (χ0v) is 11.6. The summed E-state index contributed by atoms with van der Waals surface area (Å²) in [7, 11) is 0. The monoisotopic (exact) mass is 271 g/mol. The smallest absolute Gasteiger partial charge is 0.308 e. The minimum atomic E-state index is -0.919. The van der Waals surface area contributed by atoms with E-state index >= 15 is 0 Å². The summed E-state index contributed by atoms with van der Waals surface area (Å²) >= 11 is 0. The number of hydroxylamine groups is 2. The van der Waals surface area contributed by atoms with Gasteiger partial charge in [0.1, 0.15) is 0 Å². The molecule has 0 aromatic heterocycles. The molecule has 5 nitrogen and oxygen atoms in total. The lowest BCUT2D eigenvalue weighted by atomic mass is 9.87. The van der Waals surface area contributed by atoms with Crippen molar-refractivity contribution in [2.75, 3.05) is 0 Å². The van der Waals surface area contributed by atoms with Crippen LogP contribution in [0.3, 0.4) is 0 Å². The van der Waals surface area contributed by atoms with E-state index in [0.29, 0.717) is 30.2 Å². The zero-order chi connectivity index (χ0) is 14.3. The van der Waals surface area contributed by atoms with Crippen LogP contribution in [0.4, 0.5) is 0 Å². The van der Waals surface area contributed by atoms with Crippen molar-refractivity contribution in [3.63, 3.8) is 0 Å². The first kappa shape index (κ1) is 16.0. The van der Waals surface area contributed by atoms with Crippen LogP contribution in [0.25, 0.3) is 0 Å². The fourth-order valence-electron chi connectivity index (χ4n) is 3.09. The topological polar surface area (TPSA) is 77.8 Å². The number of nitrogens with zero attached hydrogens (tertiary/aromatic N) is 1. The Morgan fingerprint density at radius 1 is 1.37 bits per heavy atom. The number of carboxylic acid groups (broad SMARTS) is 1. The average Bonchev–Trinajstić information content (AvgIpc) is 2.89. The zero-order valence-electron chi connectivity index (χ0n) is 11.6. The van der Waals surface area contributed by atoms with Gasteiger partial charge in [0.25, 0.3) is 0 Å². The first-order valence-electron chi connectivity index (χ1n) is 7.25. The number of carboxylic acids is 1. The highest BCUT2D eigenvalue weighted by molar-refractivity contribution is 5.71. The molecule has 1 fully saturated rings. The molecule has 2 N–H and O–H groups in total. The van der Waals surface area contributed by atoms with Crippen LogP contribution in [0.15, 0.2) is 0 Å². The van der Waals surface area contributed by atoms with Crippen LogP contribution in [0.5, 0.6) is 0 Å². The van der Waals surface area contributed by atoms with E-state index in [2.05, 4.69) is 0 Å². The van der Waals surface area contributed by atoms with Crippen LogP contribution in [0, 0.1) is 11.8 Å². The molecule has 1 aliphatic carbocycles. The standard InChI is InChI=1S/C14H25NO4/c1-2-5-13(15(19)10-16)12(14(17)18)9-8-11-6-3-4-7-11/h10-13,19H,2-9H2,1H3,(H,17,18)/t12-,13+/m1/s1. The number of carbonyl (C=O) groups is 2. The maximum atomic E-state index is 11.4. The van der Waals surface area contributed by atoms with Crippen LogP contribution in [0.2, 0.25) is 0 Å². The number of hydrogen-bond acceptors (Lipinski definition) is 3. The SMILES string of the molecule is CCC[C@@H]([C@@H](CCC1CCCC1)C(=O)O)N(O)C=O. The van der Waals surface area contributed by atoms with E-state index in [1.807, 2.05) is 6.92 Å². The highest BCUT2D eigenvalue weighted by Gasteiger charge is 2.32. The third kappa shape index (κ3) is 4.82. The van der Waals surface area contributed by atoms with Crippen LogP contribution >= 0.6 is 0 Å². The lowest BCUT2D eigenvalue weighted by Gasteiger charge is -2.28. The highest BCUT2D eigenvalue weighted by atomic mass is 16.5. The summed E-state index contributed by atoms with van der Waals surface area (Å²) in [5.41, 5.74) is 0. The van der Waals surface area contributed by atoms with Gasteiger partial charge in [0.05, 0.1) is 12.0 Å². The molecule has 1 rings (SSSR count). The number of amides is 1. The van der Waals surface area contributed by atoms with Crippen LogP contribution < -0.4 is 0 Å². The molecule has 0 spiro atoms. The van der Waals surface area contributed by atoms with E-state index in [0.717, 1.165) is 12.8 Å². The largest absolute Gasteiger partial charge is 0.481 e. The van der Waals surface area contributed by atoms with Crippen LogP contribution in [0.1, 0.15) is 58.3 Å². The summed E-state index contributed by atoms with van der Waals surface area (Å²) in [4.78, 5) is 22.1. The molecule has 1 aliphatic rings. The molecular formula is C14H25NO4. The fourth-order valence-corrected chi connectivity index (χ4v) is 3.09. The molecule has 1 amide bonds. The third-order valence-corrected chi connectivity index (χ3v) is 4.17. The molecule has 2 atom stereocenters. The van der Waals surface area contributed by atoms with E-state index in [4.69, 9.17) is 0 Å². The molecule has 0 heterocycles.